The van der Waals surface area contributed by atoms with Crippen LogP contribution in [-0.4, -0.2) is 43.0 Å². The molecule has 1 aromatic carbocycles. The molecule has 6 nitrogen and oxygen atoms in total. The Morgan fingerprint density at radius 1 is 1.05 bits per heavy atom. The summed E-state index contributed by atoms with van der Waals surface area (Å²) in [6.07, 6.45) is 0. The SMILES string of the molecule is Nc1nc2ccccc2nc1N1CCS(=O)(=O)CC1. The van der Waals surface area contributed by atoms with E-state index in [9.17, 15) is 8.42 Å². The molecule has 0 spiro atoms. The third kappa shape index (κ3) is 2.33. The van der Waals surface area contributed by atoms with Crippen molar-refractivity contribution in [3.63, 3.8) is 0 Å². The van der Waals surface area contributed by atoms with Crippen molar-refractivity contribution in [1.82, 2.24) is 9.97 Å². The van der Waals surface area contributed by atoms with Gasteiger partial charge < -0.3 is 10.6 Å². The smallest absolute Gasteiger partial charge is 0.172 e. The summed E-state index contributed by atoms with van der Waals surface area (Å²) >= 11 is 0. The molecule has 0 radical (unpaired) electrons. The summed E-state index contributed by atoms with van der Waals surface area (Å²) in [6, 6.07) is 7.48. The lowest BCUT2D eigenvalue weighted by Crippen LogP contribution is -2.41. The third-order valence-electron chi connectivity index (χ3n) is 3.22. The normalized spacial score (nSPS) is 18.6. The van der Waals surface area contributed by atoms with Crippen molar-refractivity contribution >= 4 is 32.5 Å². The minimum atomic E-state index is -2.91. The number of para-hydroxylation sites is 2. The van der Waals surface area contributed by atoms with E-state index in [1.165, 1.54) is 0 Å². The number of nitrogens with two attached hydrogens (primary N) is 1. The Kier molecular flexibility index (Phi) is 2.78. The average molecular weight is 278 g/mol. The van der Waals surface area contributed by atoms with Crippen molar-refractivity contribution in [2.24, 2.45) is 0 Å². The number of nitrogens with zero attached hydrogens (tertiary/aromatic N) is 3. The van der Waals surface area contributed by atoms with E-state index < -0.39 is 9.84 Å². The summed E-state index contributed by atoms with van der Waals surface area (Å²) in [6.45, 7) is 0.832. The maximum absolute atomic E-state index is 11.4. The number of aromatic nitrogens is 2. The van der Waals surface area contributed by atoms with Gasteiger partial charge in [-0.2, -0.15) is 0 Å². The molecule has 3 rings (SSSR count). The lowest BCUT2D eigenvalue weighted by atomic mass is 10.3. The van der Waals surface area contributed by atoms with Crippen LogP contribution in [0.15, 0.2) is 24.3 Å². The molecule has 7 heteroatoms. The predicted octanol–water partition coefficient (Wildman–Crippen LogP) is 0.447. The number of rotatable bonds is 1. The Labute approximate surface area is 111 Å². The topological polar surface area (TPSA) is 89.2 Å². The molecular weight excluding hydrogens is 264 g/mol. The molecule has 0 aliphatic carbocycles. The van der Waals surface area contributed by atoms with Crippen LogP contribution in [0.5, 0.6) is 0 Å². The summed E-state index contributed by atoms with van der Waals surface area (Å²) in [5.74, 6) is 1.20. The van der Waals surface area contributed by atoms with Crippen LogP contribution in [0.4, 0.5) is 11.6 Å². The van der Waals surface area contributed by atoms with Gasteiger partial charge in [0.1, 0.15) is 0 Å². The van der Waals surface area contributed by atoms with Gasteiger partial charge in [0.05, 0.1) is 22.5 Å². The summed E-state index contributed by atoms with van der Waals surface area (Å²) in [5, 5.41) is 0. The second-order valence-electron chi connectivity index (χ2n) is 4.56. The zero-order valence-electron chi connectivity index (χ0n) is 10.3. The van der Waals surface area contributed by atoms with E-state index in [2.05, 4.69) is 9.97 Å². The average Bonchev–Trinajstić information content (AvgIpc) is 2.38. The molecule has 0 unspecified atom stereocenters. The standard InChI is InChI=1S/C12H14N4O2S/c13-11-12(16-5-7-19(17,18)8-6-16)15-10-4-2-1-3-9(10)14-11/h1-4H,5-8H2,(H2,13,14). The van der Waals surface area contributed by atoms with Crippen LogP contribution < -0.4 is 10.6 Å². The lowest BCUT2D eigenvalue weighted by molar-refractivity contribution is 0.586. The van der Waals surface area contributed by atoms with Crippen molar-refractivity contribution < 1.29 is 8.42 Å². The van der Waals surface area contributed by atoms with E-state index in [1.54, 1.807) is 0 Å². The van der Waals surface area contributed by atoms with Crippen molar-refractivity contribution in [3.05, 3.63) is 24.3 Å². The maximum Gasteiger partial charge on any atom is 0.172 e. The molecule has 2 heterocycles. The number of nitrogen functional groups attached to an aromatic ring is 1. The summed E-state index contributed by atoms with van der Waals surface area (Å²) in [4.78, 5) is 10.7. The van der Waals surface area contributed by atoms with E-state index in [-0.39, 0.29) is 11.5 Å². The van der Waals surface area contributed by atoms with Crippen LogP contribution in [-0.2, 0) is 9.84 Å². The van der Waals surface area contributed by atoms with Gasteiger partial charge in [-0.05, 0) is 12.1 Å². The first-order valence-corrected chi connectivity index (χ1v) is 7.85. The molecule has 1 saturated heterocycles. The Morgan fingerprint density at radius 3 is 2.26 bits per heavy atom. The van der Waals surface area contributed by atoms with E-state index in [1.807, 2.05) is 29.2 Å². The molecular formula is C12H14N4O2S. The van der Waals surface area contributed by atoms with Crippen LogP contribution in [0.1, 0.15) is 0 Å². The van der Waals surface area contributed by atoms with Crippen LogP contribution in [0.3, 0.4) is 0 Å². The second-order valence-corrected chi connectivity index (χ2v) is 6.86. The van der Waals surface area contributed by atoms with Gasteiger partial charge in [0.25, 0.3) is 0 Å². The monoisotopic (exact) mass is 278 g/mol. The van der Waals surface area contributed by atoms with Crippen LogP contribution in [0, 0.1) is 0 Å². The van der Waals surface area contributed by atoms with Gasteiger partial charge in [-0.3, -0.25) is 0 Å². The number of hydrogen-bond donors (Lipinski definition) is 1. The zero-order valence-corrected chi connectivity index (χ0v) is 11.1. The second kappa shape index (κ2) is 4.34. The van der Waals surface area contributed by atoms with Gasteiger partial charge >= 0.3 is 0 Å². The highest BCUT2D eigenvalue weighted by atomic mass is 32.2. The minimum absolute atomic E-state index is 0.140. The lowest BCUT2D eigenvalue weighted by Gasteiger charge is -2.28. The Hall–Kier alpha value is -1.89. The predicted molar refractivity (Wildman–Crippen MR) is 74.8 cm³/mol. The van der Waals surface area contributed by atoms with Crippen LogP contribution >= 0.6 is 0 Å². The first kappa shape index (κ1) is 12.2. The molecule has 2 N–H and O–H groups in total. The Balaban J connectivity index is 1.99. The molecule has 1 aliphatic rings. The molecule has 1 aliphatic heterocycles. The quantitative estimate of drug-likeness (QED) is 0.814. The Bertz CT molecular complexity index is 716. The molecule has 1 fully saturated rings. The fourth-order valence-corrected chi connectivity index (χ4v) is 3.36. The first-order valence-electron chi connectivity index (χ1n) is 6.03. The van der Waals surface area contributed by atoms with E-state index in [4.69, 9.17) is 5.73 Å². The molecule has 0 saturated carbocycles. The van der Waals surface area contributed by atoms with Crippen LogP contribution in [0.25, 0.3) is 11.0 Å². The maximum atomic E-state index is 11.4. The Morgan fingerprint density at radius 2 is 1.63 bits per heavy atom. The largest absolute Gasteiger partial charge is 0.381 e. The summed E-state index contributed by atoms with van der Waals surface area (Å²) in [5.41, 5.74) is 7.43. The van der Waals surface area contributed by atoms with Gasteiger partial charge in [0.2, 0.25) is 0 Å². The van der Waals surface area contributed by atoms with E-state index in [0.717, 1.165) is 11.0 Å². The molecule has 2 aromatic rings. The van der Waals surface area contributed by atoms with Crippen molar-refractivity contribution in [1.29, 1.82) is 0 Å². The number of benzene rings is 1. The highest BCUT2D eigenvalue weighted by Crippen LogP contribution is 2.23. The highest BCUT2D eigenvalue weighted by Gasteiger charge is 2.24. The van der Waals surface area contributed by atoms with Crippen molar-refractivity contribution in [2.75, 3.05) is 35.2 Å². The number of sulfone groups is 1. The van der Waals surface area contributed by atoms with Gasteiger partial charge in [-0.1, -0.05) is 12.1 Å². The first-order chi connectivity index (χ1) is 9.05. The molecule has 100 valence electrons. The fourth-order valence-electron chi connectivity index (χ4n) is 2.16. The third-order valence-corrected chi connectivity index (χ3v) is 4.83. The molecule has 1 aromatic heterocycles. The molecule has 19 heavy (non-hydrogen) atoms. The van der Waals surface area contributed by atoms with Gasteiger partial charge in [0.15, 0.2) is 21.5 Å². The zero-order chi connectivity index (χ0) is 13.5. The molecule has 0 amide bonds. The minimum Gasteiger partial charge on any atom is -0.381 e. The van der Waals surface area contributed by atoms with Crippen molar-refractivity contribution in [2.45, 2.75) is 0 Å². The van der Waals surface area contributed by atoms with Crippen LogP contribution in [0.2, 0.25) is 0 Å². The van der Waals surface area contributed by atoms with E-state index >= 15 is 0 Å². The van der Waals surface area contributed by atoms with Crippen molar-refractivity contribution in [3.8, 4) is 0 Å². The van der Waals surface area contributed by atoms with Gasteiger partial charge in [-0.25, -0.2) is 18.4 Å². The highest BCUT2D eigenvalue weighted by molar-refractivity contribution is 7.91. The van der Waals surface area contributed by atoms with Gasteiger partial charge in [-0.15, -0.1) is 0 Å². The summed E-state index contributed by atoms with van der Waals surface area (Å²) in [7, 11) is -2.91. The van der Waals surface area contributed by atoms with E-state index in [0.29, 0.717) is 24.7 Å². The summed E-state index contributed by atoms with van der Waals surface area (Å²) < 4.78 is 22.9. The number of fused-ring (bicyclic) bond motifs is 1. The fraction of sp³-hybridized carbons (Fsp3) is 0.333. The van der Waals surface area contributed by atoms with Gasteiger partial charge in [0, 0.05) is 13.1 Å². The molecule has 0 bridgehead atoms. The number of hydrogen-bond acceptors (Lipinski definition) is 6. The number of anilines is 2. The molecule has 0 atom stereocenters.